The summed E-state index contributed by atoms with van der Waals surface area (Å²) in [5, 5.41) is 7.47. The minimum Gasteiger partial charge on any atom is -0.342 e. The Bertz CT molecular complexity index is 918. The van der Waals surface area contributed by atoms with Gasteiger partial charge in [0.1, 0.15) is 0 Å². The molecule has 1 aromatic carbocycles. The molecule has 0 spiro atoms. The Balaban J connectivity index is 1.56. The maximum atomic E-state index is 12.8. The zero-order valence-corrected chi connectivity index (χ0v) is 13.7. The number of aryl methyl sites for hydroxylation is 1. The number of hydrogen-bond acceptors (Lipinski definition) is 2. The predicted molar refractivity (Wildman–Crippen MR) is 91.2 cm³/mol. The second kappa shape index (κ2) is 5.07. The van der Waals surface area contributed by atoms with E-state index in [-0.39, 0.29) is 11.4 Å². The fourth-order valence-electron chi connectivity index (χ4n) is 3.54. The minimum absolute atomic E-state index is 0.0243. The third-order valence-corrected chi connectivity index (χ3v) is 5.13. The molecule has 5 heteroatoms. The highest BCUT2D eigenvalue weighted by Gasteiger charge is 2.54. The van der Waals surface area contributed by atoms with Gasteiger partial charge in [0.15, 0.2) is 5.69 Å². The Morgan fingerprint density at radius 2 is 2.29 bits per heavy atom. The van der Waals surface area contributed by atoms with Crippen LogP contribution in [0.5, 0.6) is 0 Å². The van der Waals surface area contributed by atoms with Gasteiger partial charge < -0.3 is 5.32 Å². The number of carbonyl (C=O) groups excluding carboxylic acids is 1. The topological polar surface area (TPSA) is 51.3 Å². The van der Waals surface area contributed by atoms with E-state index in [4.69, 9.17) is 6.57 Å². The van der Waals surface area contributed by atoms with Crippen molar-refractivity contribution < 1.29 is 4.79 Å². The van der Waals surface area contributed by atoms with E-state index in [0.29, 0.717) is 18.0 Å². The second-order valence-electron chi connectivity index (χ2n) is 6.77. The van der Waals surface area contributed by atoms with Crippen LogP contribution in [-0.2, 0) is 23.8 Å². The van der Waals surface area contributed by atoms with E-state index in [0.717, 1.165) is 28.7 Å². The van der Waals surface area contributed by atoms with Gasteiger partial charge in [-0.25, -0.2) is 4.85 Å². The first-order chi connectivity index (χ1) is 11.5. The zero-order chi connectivity index (χ0) is 16.9. The molecular formula is C19H18N4O. The number of fused-ring (bicyclic) bond motifs is 1. The van der Waals surface area contributed by atoms with E-state index in [1.807, 2.05) is 37.7 Å². The Hall–Kier alpha value is -2.87. The molecule has 2 unspecified atom stereocenters. The molecule has 0 aliphatic heterocycles. The molecule has 1 fully saturated rings. The lowest BCUT2D eigenvalue weighted by Crippen LogP contribution is -2.37. The average molecular weight is 318 g/mol. The van der Waals surface area contributed by atoms with Gasteiger partial charge in [0.2, 0.25) is 5.91 Å². The highest BCUT2D eigenvalue weighted by atomic mass is 16.2. The highest BCUT2D eigenvalue weighted by molar-refractivity contribution is 6.01. The molecular weight excluding hydrogens is 300 g/mol. The summed E-state index contributed by atoms with van der Waals surface area (Å²) < 4.78 is 1.77. The second-order valence-corrected chi connectivity index (χ2v) is 6.77. The molecule has 24 heavy (non-hydrogen) atoms. The third kappa shape index (κ3) is 2.23. The number of nitrogens with one attached hydrogen (secondary N) is 1. The van der Waals surface area contributed by atoms with Gasteiger partial charge in [-0.1, -0.05) is 19.1 Å². The molecule has 0 saturated heterocycles. The van der Waals surface area contributed by atoms with Gasteiger partial charge in [-0.05, 0) is 35.6 Å². The quantitative estimate of drug-likeness (QED) is 0.885. The summed E-state index contributed by atoms with van der Waals surface area (Å²) in [5.74, 6) is 0.382. The first-order valence-corrected chi connectivity index (χ1v) is 8.04. The molecule has 1 saturated carbocycles. The van der Waals surface area contributed by atoms with Crippen LogP contribution in [-0.4, -0.2) is 15.7 Å². The Labute approximate surface area is 140 Å². The smallest absolute Gasteiger partial charge is 0.248 e. The Kier molecular flexibility index (Phi) is 3.10. The molecule has 1 N–H and O–H groups in total. The van der Waals surface area contributed by atoms with Crippen LogP contribution in [0, 0.1) is 12.5 Å². The number of nitrogens with zero attached hydrogens (tertiary/aromatic N) is 3. The van der Waals surface area contributed by atoms with Gasteiger partial charge in [-0.15, -0.1) is 0 Å². The number of hydrogen-bond donors (Lipinski definition) is 1. The van der Waals surface area contributed by atoms with E-state index >= 15 is 0 Å². The van der Waals surface area contributed by atoms with Crippen molar-refractivity contribution in [2.24, 2.45) is 13.0 Å². The van der Waals surface area contributed by atoms with Crippen molar-refractivity contribution in [3.8, 4) is 0 Å². The van der Waals surface area contributed by atoms with Gasteiger partial charge in [0, 0.05) is 30.8 Å². The van der Waals surface area contributed by atoms with Crippen molar-refractivity contribution in [2.75, 3.05) is 0 Å². The van der Waals surface area contributed by atoms with E-state index in [1.54, 1.807) is 10.7 Å². The molecule has 2 aliphatic rings. The SMILES string of the molecule is [C-]#[N+]c1ccc2c(c1)C=C(C(=O)NC1(c3cnn(C)c3)CC1C)C2. The molecule has 1 amide bonds. The summed E-state index contributed by atoms with van der Waals surface area (Å²) in [6.45, 7) is 9.25. The van der Waals surface area contributed by atoms with E-state index in [9.17, 15) is 4.79 Å². The molecule has 2 aliphatic carbocycles. The van der Waals surface area contributed by atoms with E-state index in [2.05, 4.69) is 22.2 Å². The van der Waals surface area contributed by atoms with Crippen molar-refractivity contribution in [3.63, 3.8) is 0 Å². The fraction of sp³-hybridized carbons (Fsp3) is 0.316. The maximum Gasteiger partial charge on any atom is 0.248 e. The Morgan fingerprint density at radius 1 is 1.50 bits per heavy atom. The lowest BCUT2D eigenvalue weighted by atomic mass is 10.1. The van der Waals surface area contributed by atoms with Crippen LogP contribution in [0.2, 0.25) is 0 Å². The van der Waals surface area contributed by atoms with Crippen molar-refractivity contribution in [3.05, 3.63) is 64.3 Å². The largest absolute Gasteiger partial charge is 0.342 e. The van der Waals surface area contributed by atoms with Gasteiger partial charge in [0.05, 0.1) is 18.3 Å². The normalized spacial score (nSPS) is 24.0. The van der Waals surface area contributed by atoms with Crippen molar-refractivity contribution >= 4 is 17.7 Å². The van der Waals surface area contributed by atoms with Crippen LogP contribution < -0.4 is 5.32 Å². The molecule has 120 valence electrons. The van der Waals surface area contributed by atoms with Crippen molar-refractivity contribution in [1.82, 2.24) is 15.1 Å². The summed E-state index contributed by atoms with van der Waals surface area (Å²) in [4.78, 5) is 16.2. The monoisotopic (exact) mass is 318 g/mol. The van der Waals surface area contributed by atoms with Gasteiger partial charge >= 0.3 is 0 Å². The van der Waals surface area contributed by atoms with Crippen LogP contribution in [0.1, 0.15) is 30.0 Å². The standard InChI is InChI=1S/C19H18N4O/c1-12-9-19(12,16-10-21-23(3)11-16)22-18(24)15-6-13-4-5-17(20-2)8-14(13)7-15/h4-5,7-8,10-12H,6,9H2,1,3H3,(H,22,24). The van der Waals surface area contributed by atoms with E-state index in [1.165, 1.54) is 0 Å². The summed E-state index contributed by atoms with van der Waals surface area (Å²) in [6.07, 6.45) is 7.28. The van der Waals surface area contributed by atoms with Crippen molar-refractivity contribution in [1.29, 1.82) is 0 Å². The summed E-state index contributed by atoms with van der Waals surface area (Å²) in [5.41, 5.74) is 4.23. The summed E-state index contributed by atoms with van der Waals surface area (Å²) in [6, 6.07) is 5.59. The predicted octanol–water partition coefficient (Wildman–Crippen LogP) is 2.96. The number of rotatable bonds is 3. The lowest BCUT2D eigenvalue weighted by molar-refractivity contribution is -0.118. The van der Waals surface area contributed by atoms with Crippen molar-refractivity contribution in [2.45, 2.75) is 25.3 Å². The zero-order valence-electron chi connectivity index (χ0n) is 13.7. The molecule has 5 nitrogen and oxygen atoms in total. The average Bonchev–Trinajstić information content (AvgIpc) is 2.96. The molecule has 0 bridgehead atoms. The molecule has 4 rings (SSSR count). The maximum absolute atomic E-state index is 12.8. The molecule has 0 radical (unpaired) electrons. The fourth-order valence-corrected chi connectivity index (χ4v) is 3.54. The molecule has 1 aromatic heterocycles. The number of benzene rings is 1. The highest BCUT2D eigenvalue weighted by Crippen LogP contribution is 2.51. The molecule has 2 atom stereocenters. The Morgan fingerprint density at radius 3 is 2.92 bits per heavy atom. The summed E-state index contributed by atoms with van der Waals surface area (Å²) >= 11 is 0. The number of carbonyl (C=O) groups is 1. The molecule has 1 heterocycles. The van der Waals surface area contributed by atoms with Gasteiger partial charge in [-0.2, -0.15) is 5.10 Å². The van der Waals surface area contributed by atoms with Gasteiger partial charge in [0.25, 0.3) is 0 Å². The first-order valence-electron chi connectivity index (χ1n) is 8.04. The lowest BCUT2D eigenvalue weighted by Gasteiger charge is -2.18. The van der Waals surface area contributed by atoms with Gasteiger partial charge in [-0.3, -0.25) is 9.48 Å². The summed E-state index contributed by atoms with van der Waals surface area (Å²) in [7, 11) is 1.89. The van der Waals surface area contributed by atoms with Crippen LogP contribution in [0.4, 0.5) is 5.69 Å². The number of amides is 1. The first kappa shape index (κ1) is 14.7. The third-order valence-electron chi connectivity index (χ3n) is 5.13. The minimum atomic E-state index is -0.289. The van der Waals surface area contributed by atoms with Crippen LogP contribution in [0.3, 0.4) is 0 Å². The number of aromatic nitrogens is 2. The van der Waals surface area contributed by atoms with Crippen LogP contribution >= 0.6 is 0 Å². The van der Waals surface area contributed by atoms with Crippen LogP contribution in [0.15, 0.2) is 36.2 Å². The van der Waals surface area contributed by atoms with Crippen LogP contribution in [0.25, 0.3) is 10.9 Å². The molecule has 2 aromatic rings. The van der Waals surface area contributed by atoms with E-state index < -0.39 is 0 Å².